The molecule has 0 saturated heterocycles. The van der Waals surface area contributed by atoms with E-state index in [4.69, 9.17) is 0 Å². The van der Waals surface area contributed by atoms with E-state index in [0.717, 1.165) is 0 Å². The zero-order valence-corrected chi connectivity index (χ0v) is 75.8. The van der Waals surface area contributed by atoms with Crippen molar-refractivity contribution in [3.05, 3.63) is 534 Å². The lowest BCUT2D eigenvalue weighted by Crippen LogP contribution is -1.92. The highest BCUT2D eigenvalue weighted by Crippen LogP contribution is 2.51. The molecule has 0 amide bonds. The fourth-order valence-electron chi connectivity index (χ4n) is 22.4. The predicted molar refractivity (Wildman–Crippen MR) is 596 cm³/mol. The molecule has 0 aliphatic carbocycles. The molecule has 138 heavy (non-hydrogen) atoms. The van der Waals surface area contributed by atoms with Crippen LogP contribution < -0.4 is 0 Å². The van der Waals surface area contributed by atoms with E-state index in [-0.39, 0.29) is 0 Å². The average Bonchev–Trinajstić information content (AvgIpc) is 0.727. The summed E-state index contributed by atoms with van der Waals surface area (Å²) >= 11 is 0. The van der Waals surface area contributed by atoms with E-state index >= 15 is 0 Å². The van der Waals surface area contributed by atoms with E-state index in [1.807, 2.05) is 0 Å². The zero-order valence-electron chi connectivity index (χ0n) is 75.8. The lowest BCUT2D eigenvalue weighted by molar-refractivity contribution is 1.58. The maximum absolute atomic E-state index is 2.46. The Balaban J connectivity index is 0.000000109. The van der Waals surface area contributed by atoms with E-state index in [1.54, 1.807) is 0 Å². The lowest BCUT2D eigenvalue weighted by atomic mass is 9.84. The predicted octanol–water partition coefficient (Wildman–Crippen LogP) is 39.0. The van der Waals surface area contributed by atoms with Crippen molar-refractivity contribution >= 4 is 162 Å². The van der Waals surface area contributed by atoms with Gasteiger partial charge in [0, 0.05) is 0 Å². The van der Waals surface area contributed by atoms with Crippen LogP contribution in [0.5, 0.6) is 0 Å². The first-order valence-electron chi connectivity index (χ1n) is 47.9. The molecule has 0 nitrogen and oxygen atoms in total. The fraction of sp³-hybridized carbons (Fsp3) is 0. The number of hydrogen-bond acceptors (Lipinski definition) is 0. The van der Waals surface area contributed by atoms with Crippen molar-refractivity contribution in [3.8, 4) is 111 Å². The molecule has 28 aromatic carbocycles. The van der Waals surface area contributed by atoms with Gasteiger partial charge in [-0.15, -0.1) is 0 Å². The van der Waals surface area contributed by atoms with E-state index < -0.39 is 0 Å². The first-order valence-corrected chi connectivity index (χ1v) is 47.9. The highest BCUT2D eigenvalue weighted by atomic mass is 14.3. The average molecular weight is 1750 g/mol. The van der Waals surface area contributed by atoms with Crippen LogP contribution in [0.3, 0.4) is 0 Å². The van der Waals surface area contributed by atoms with Crippen LogP contribution in [0.2, 0.25) is 0 Å². The third kappa shape index (κ3) is 14.2. The Morgan fingerprint density at radius 3 is 0.543 bits per heavy atom. The number of fused-ring (bicyclic) bond motifs is 23. The third-order valence-electron chi connectivity index (χ3n) is 28.9. The Kier molecular flexibility index (Phi) is 20.1. The molecule has 0 N–H and O–H groups in total. The summed E-state index contributed by atoms with van der Waals surface area (Å²) in [6, 6.07) is 196. The minimum Gasteiger partial charge on any atom is -0.0622 e. The van der Waals surface area contributed by atoms with Gasteiger partial charge in [0.05, 0.1) is 0 Å². The Morgan fingerprint density at radius 2 is 0.246 bits per heavy atom. The molecule has 0 aromatic heterocycles. The third-order valence-corrected chi connectivity index (χ3v) is 28.9. The second-order valence-electron chi connectivity index (χ2n) is 36.6. The SMILES string of the molecule is c1ccc(-c2ccc(-c3ccccc3-c3cc4c5ccccc5c(-c5ccccc5-c5ccc(-c6ccccc6)cc5)cc4c4ccccc34)cc2)cc1.c1ccc2c(c1)cc(-c1cc3c4ccccc4c(-c4cc5ccccc5c5ccccc45)cc3c3ccccc13)c1ccccc12.c1ccc2cc(-c3cc4c5ccccc5c(-c5ccc6ccccc6c5)cc4c4ccccc34)ccc2c1. The van der Waals surface area contributed by atoms with E-state index in [1.165, 1.54) is 273 Å². The van der Waals surface area contributed by atoms with Crippen molar-refractivity contribution in [2.75, 3.05) is 0 Å². The van der Waals surface area contributed by atoms with Gasteiger partial charge in [-0.2, -0.15) is 0 Å². The van der Waals surface area contributed by atoms with Crippen molar-refractivity contribution in [1.29, 1.82) is 0 Å². The molecule has 0 radical (unpaired) electrons. The minimum atomic E-state index is 1.21. The Hall–Kier alpha value is -17.9. The molecule has 0 spiro atoms. The van der Waals surface area contributed by atoms with Crippen LogP contribution in [0.1, 0.15) is 0 Å². The fourth-order valence-corrected chi connectivity index (χ4v) is 22.4. The molecule has 0 atom stereocenters. The normalized spacial score (nSPS) is 11.6. The second kappa shape index (κ2) is 34.3. The monoisotopic (exact) mass is 1740 g/mol. The van der Waals surface area contributed by atoms with Crippen molar-refractivity contribution in [3.63, 3.8) is 0 Å². The van der Waals surface area contributed by atoms with Gasteiger partial charge in [0.25, 0.3) is 0 Å². The van der Waals surface area contributed by atoms with Crippen molar-refractivity contribution in [2.24, 2.45) is 0 Å². The Labute approximate surface area is 800 Å². The van der Waals surface area contributed by atoms with Gasteiger partial charge in [-0.1, -0.05) is 473 Å². The molecule has 0 heteroatoms. The summed E-state index contributed by atoms with van der Waals surface area (Å²) in [6.45, 7) is 0. The summed E-state index contributed by atoms with van der Waals surface area (Å²) in [5.41, 5.74) is 24.9. The largest absolute Gasteiger partial charge is 0.0622 e. The van der Waals surface area contributed by atoms with Crippen LogP contribution >= 0.6 is 0 Å². The molecule has 0 aliphatic rings. The summed E-state index contributed by atoms with van der Waals surface area (Å²) in [5.74, 6) is 0. The van der Waals surface area contributed by atoms with Crippen molar-refractivity contribution in [2.45, 2.75) is 0 Å². The first kappa shape index (κ1) is 80.9. The molecule has 0 saturated carbocycles. The Bertz CT molecular complexity index is 9190. The van der Waals surface area contributed by atoms with E-state index in [9.17, 15) is 0 Å². The molecule has 640 valence electrons. The molecular formula is C138H88. The lowest BCUT2D eigenvalue weighted by Gasteiger charge is -2.19. The summed E-state index contributed by atoms with van der Waals surface area (Å²) in [6.07, 6.45) is 0. The van der Waals surface area contributed by atoms with Gasteiger partial charge in [-0.05, 0) is 334 Å². The quantitative estimate of drug-likeness (QED) is 0.120. The van der Waals surface area contributed by atoms with Crippen LogP contribution in [0.15, 0.2) is 534 Å². The molecule has 0 aliphatic heterocycles. The molecule has 28 rings (SSSR count). The van der Waals surface area contributed by atoms with Crippen LogP contribution in [-0.4, -0.2) is 0 Å². The first-order chi connectivity index (χ1) is 68.5. The molecule has 0 unspecified atom stereocenters. The van der Waals surface area contributed by atoms with Crippen molar-refractivity contribution in [1.82, 2.24) is 0 Å². The molecule has 0 bridgehead atoms. The van der Waals surface area contributed by atoms with Gasteiger partial charge in [0.2, 0.25) is 0 Å². The minimum absolute atomic E-state index is 1.21. The van der Waals surface area contributed by atoms with Gasteiger partial charge in [-0.3, -0.25) is 0 Å². The number of benzene rings is 28. The summed E-state index contributed by atoms with van der Waals surface area (Å²) in [7, 11) is 0. The Morgan fingerprint density at radius 1 is 0.0652 bits per heavy atom. The second-order valence-corrected chi connectivity index (χ2v) is 36.6. The van der Waals surface area contributed by atoms with Crippen LogP contribution in [0.25, 0.3) is 273 Å². The molecule has 0 fully saturated rings. The number of rotatable bonds is 10. The topological polar surface area (TPSA) is 0 Å². The maximum Gasteiger partial charge on any atom is -0.00923 e. The standard InChI is InChI=1S/C54H36.C46H28.C38H24/c1-3-15-37(16-4-1)39-27-31-41(32-28-39)43-19-7-9-21-45(43)51-35-53-50-26-14-12-24-48(50)52(36-54(53)49-25-13-11-23-47(49)51)46-22-10-8-20-44(46)42-33-29-40(30-34-42)38-17-5-2-6-18-38;1-3-15-31-29(13-1)25-41(35-19-7-5-17-33(31)35)43-27-45-40-24-12-10-22-38(40)44(28-46(45)39-23-11-9-21-37(39)43)42-26-30-14-2-4-16-32(30)34-18-6-8-20-36(34)42;1-3-11-27-21-29(19-17-25(27)9-1)35-23-37-34-16-8-6-14-32(34)36(24-38(37)33-15-7-5-13-31(33)35)30-20-18-26-10-2-4-12-28(26)22-30/h1-36H;1-28H;1-24H. The summed E-state index contributed by atoms with van der Waals surface area (Å²) in [5, 5.41) is 38.4. The van der Waals surface area contributed by atoms with E-state index in [0.29, 0.717) is 0 Å². The van der Waals surface area contributed by atoms with Crippen molar-refractivity contribution < 1.29 is 0 Å². The number of hydrogen-bond donors (Lipinski definition) is 0. The van der Waals surface area contributed by atoms with Gasteiger partial charge in [0.1, 0.15) is 0 Å². The van der Waals surface area contributed by atoms with Crippen LogP contribution in [0, 0.1) is 0 Å². The summed E-state index contributed by atoms with van der Waals surface area (Å²) < 4.78 is 0. The van der Waals surface area contributed by atoms with Crippen LogP contribution in [-0.2, 0) is 0 Å². The molecule has 28 aromatic rings. The summed E-state index contributed by atoms with van der Waals surface area (Å²) in [4.78, 5) is 0. The van der Waals surface area contributed by atoms with Gasteiger partial charge < -0.3 is 0 Å². The highest BCUT2D eigenvalue weighted by Gasteiger charge is 2.24. The van der Waals surface area contributed by atoms with E-state index in [2.05, 4.69) is 534 Å². The maximum atomic E-state index is 2.46. The van der Waals surface area contributed by atoms with Gasteiger partial charge in [0.15, 0.2) is 0 Å². The van der Waals surface area contributed by atoms with Crippen LogP contribution in [0.4, 0.5) is 0 Å². The van der Waals surface area contributed by atoms with Gasteiger partial charge in [-0.25, -0.2) is 0 Å². The highest BCUT2D eigenvalue weighted by molar-refractivity contribution is 6.30. The molecule has 0 heterocycles. The smallest absolute Gasteiger partial charge is 0.00923 e. The van der Waals surface area contributed by atoms with Gasteiger partial charge >= 0.3 is 0 Å². The zero-order chi connectivity index (χ0) is 91.1. The molecular weight excluding hydrogens is 1660 g/mol.